The van der Waals surface area contributed by atoms with Crippen LogP contribution in [0, 0.1) is 11.8 Å². The molecule has 0 saturated heterocycles. The Morgan fingerprint density at radius 2 is 1.62 bits per heavy atom. The lowest BCUT2D eigenvalue weighted by Crippen LogP contribution is -2.21. The fourth-order valence-electron chi connectivity index (χ4n) is 2.09. The molecule has 1 amide bonds. The number of allylic oxidation sites excluding steroid dienone is 4. The second-order valence-corrected chi connectivity index (χ2v) is 6.48. The van der Waals surface area contributed by atoms with Gasteiger partial charge >= 0.3 is 0 Å². The number of amides is 1. The molecule has 0 aromatic heterocycles. The van der Waals surface area contributed by atoms with Gasteiger partial charge in [-0.05, 0) is 19.3 Å². The van der Waals surface area contributed by atoms with Gasteiger partial charge in [-0.1, -0.05) is 56.2 Å². The average molecular weight is 362 g/mol. The number of rotatable bonds is 12. The first-order valence-corrected chi connectivity index (χ1v) is 9.51. The Hall–Kier alpha value is -1.83. The summed E-state index contributed by atoms with van der Waals surface area (Å²) in [6.45, 7) is 2.17. The van der Waals surface area contributed by atoms with Crippen LogP contribution in [0.1, 0.15) is 58.3 Å². The summed E-state index contributed by atoms with van der Waals surface area (Å²) in [5, 5.41) is 19.6. The highest BCUT2D eigenvalue weighted by atomic mass is 16.3. The zero-order valence-electron chi connectivity index (χ0n) is 16.5. The highest BCUT2D eigenvalue weighted by Gasteiger charge is 2.05. The molecule has 0 radical (unpaired) electrons. The minimum Gasteiger partial charge on any atom is -0.389 e. The number of aliphatic hydroxyl groups excluding tert-OH is 2. The van der Waals surface area contributed by atoms with Gasteiger partial charge in [-0.15, -0.1) is 11.8 Å². The van der Waals surface area contributed by atoms with Crippen molar-refractivity contribution in [2.75, 3.05) is 14.1 Å². The maximum atomic E-state index is 11.4. The second kappa shape index (κ2) is 16.6. The molecule has 4 heteroatoms. The minimum absolute atomic E-state index is 0.0791. The van der Waals surface area contributed by atoms with Crippen molar-refractivity contribution in [2.24, 2.45) is 0 Å². The number of carbonyl (C=O) groups excluding carboxylic acids is 1. The summed E-state index contributed by atoms with van der Waals surface area (Å²) in [6.07, 6.45) is 16.0. The number of unbranched alkanes of at least 4 members (excludes halogenated alkanes) is 3. The van der Waals surface area contributed by atoms with E-state index in [0.717, 1.165) is 12.8 Å². The molecule has 2 N–H and O–H groups in total. The normalized spacial score (nSPS) is 13.9. The molecule has 4 nitrogen and oxygen atoms in total. The molecule has 0 aliphatic rings. The molecule has 2 atom stereocenters. The molecular weight excluding hydrogens is 326 g/mol. The van der Waals surface area contributed by atoms with E-state index in [0.29, 0.717) is 25.7 Å². The maximum absolute atomic E-state index is 11.4. The summed E-state index contributed by atoms with van der Waals surface area (Å²) in [4.78, 5) is 13.0. The van der Waals surface area contributed by atoms with Crippen LogP contribution in [-0.4, -0.2) is 47.3 Å². The lowest BCUT2D eigenvalue weighted by atomic mass is 10.1. The van der Waals surface area contributed by atoms with Crippen molar-refractivity contribution in [3.05, 3.63) is 36.5 Å². The van der Waals surface area contributed by atoms with Crippen molar-refractivity contribution in [2.45, 2.75) is 70.5 Å². The Kier molecular flexibility index (Phi) is 15.5. The van der Waals surface area contributed by atoms with Crippen molar-refractivity contribution in [3.8, 4) is 11.8 Å². The van der Waals surface area contributed by atoms with Gasteiger partial charge in [0.2, 0.25) is 5.91 Å². The number of hydrogen-bond donors (Lipinski definition) is 2. The first-order chi connectivity index (χ1) is 12.5. The van der Waals surface area contributed by atoms with Crippen LogP contribution < -0.4 is 0 Å². The van der Waals surface area contributed by atoms with Crippen molar-refractivity contribution in [1.29, 1.82) is 0 Å². The molecule has 0 heterocycles. The summed E-state index contributed by atoms with van der Waals surface area (Å²) in [7, 11) is 3.46. The summed E-state index contributed by atoms with van der Waals surface area (Å²) in [5.74, 6) is 6.15. The molecule has 0 saturated carbocycles. The largest absolute Gasteiger partial charge is 0.389 e. The van der Waals surface area contributed by atoms with E-state index >= 15 is 0 Å². The van der Waals surface area contributed by atoms with Crippen LogP contribution in [0.3, 0.4) is 0 Å². The van der Waals surface area contributed by atoms with E-state index in [1.807, 2.05) is 0 Å². The summed E-state index contributed by atoms with van der Waals surface area (Å²) in [5.41, 5.74) is 0. The lowest BCUT2D eigenvalue weighted by Gasteiger charge is -2.10. The van der Waals surface area contributed by atoms with E-state index in [-0.39, 0.29) is 5.91 Å². The van der Waals surface area contributed by atoms with Crippen LogP contribution >= 0.6 is 0 Å². The number of nitrogens with zero attached hydrogens (tertiary/aromatic N) is 1. The van der Waals surface area contributed by atoms with E-state index in [1.54, 1.807) is 55.5 Å². The fraction of sp³-hybridized carbons (Fsp3) is 0.591. The Balaban J connectivity index is 3.89. The van der Waals surface area contributed by atoms with Gasteiger partial charge in [0.05, 0.1) is 12.2 Å². The molecule has 0 aliphatic heterocycles. The third-order valence-corrected chi connectivity index (χ3v) is 3.73. The van der Waals surface area contributed by atoms with Gasteiger partial charge in [0.1, 0.15) is 0 Å². The fourth-order valence-corrected chi connectivity index (χ4v) is 2.09. The Labute approximate surface area is 159 Å². The Bertz CT molecular complexity index is 509. The minimum atomic E-state index is -0.554. The van der Waals surface area contributed by atoms with Gasteiger partial charge in [0.15, 0.2) is 0 Å². The third-order valence-electron chi connectivity index (χ3n) is 3.73. The van der Waals surface area contributed by atoms with Gasteiger partial charge in [0.25, 0.3) is 0 Å². The summed E-state index contributed by atoms with van der Waals surface area (Å²) < 4.78 is 0. The van der Waals surface area contributed by atoms with E-state index in [9.17, 15) is 15.0 Å². The lowest BCUT2D eigenvalue weighted by molar-refractivity contribution is -0.128. The van der Waals surface area contributed by atoms with Crippen LogP contribution in [0.5, 0.6) is 0 Å². The molecule has 0 rings (SSSR count). The maximum Gasteiger partial charge on any atom is 0.222 e. The smallest absolute Gasteiger partial charge is 0.222 e. The van der Waals surface area contributed by atoms with Crippen LogP contribution in [0.15, 0.2) is 36.5 Å². The molecule has 146 valence electrons. The van der Waals surface area contributed by atoms with Crippen molar-refractivity contribution < 1.29 is 15.0 Å². The predicted molar refractivity (Wildman–Crippen MR) is 109 cm³/mol. The predicted octanol–water partition coefficient (Wildman–Crippen LogP) is 3.61. The molecule has 2 unspecified atom stereocenters. The summed E-state index contributed by atoms with van der Waals surface area (Å²) >= 11 is 0. The van der Waals surface area contributed by atoms with E-state index in [4.69, 9.17) is 0 Å². The van der Waals surface area contributed by atoms with Crippen LogP contribution in [-0.2, 0) is 4.79 Å². The van der Waals surface area contributed by atoms with Gasteiger partial charge in [-0.2, -0.15) is 0 Å². The van der Waals surface area contributed by atoms with Gasteiger partial charge < -0.3 is 15.1 Å². The quantitative estimate of drug-likeness (QED) is 0.317. The standard InChI is InChI=1S/C22H35NO3/c1-4-5-6-7-8-11-15-20(24)16-12-9-10-13-17-21(25)18-14-19-22(26)23(2)3/h9-10,12-13,16-17,20-21,24-25H,4-7,14-15,18-19H2,1-3H3/b10-9+,16-12+,17-13-. The van der Waals surface area contributed by atoms with Gasteiger partial charge in [-0.3, -0.25) is 4.79 Å². The zero-order chi connectivity index (χ0) is 19.6. The number of aliphatic hydroxyl groups is 2. The van der Waals surface area contributed by atoms with Crippen LogP contribution in [0.25, 0.3) is 0 Å². The van der Waals surface area contributed by atoms with E-state index < -0.39 is 12.2 Å². The number of carbonyl (C=O) groups is 1. The molecule has 0 spiro atoms. The van der Waals surface area contributed by atoms with Crippen LogP contribution in [0.2, 0.25) is 0 Å². The van der Waals surface area contributed by atoms with Crippen molar-refractivity contribution in [3.63, 3.8) is 0 Å². The summed E-state index contributed by atoms with van der Waals surface area (Å²) in [6, 6.07) is 0. The Morgan fingerprint density at radius 1 is 0.962 bits per heavy atom. The SMILES string of the molecule is CCCCCC#CCC(O)/C=C/C=C/C=C\C(O)CCCC(=O)N(C)C. The molecular formula is C22H35NO3. The van der Waals surface area contributed by atoms with Crippen LogP contribution in [0.4, 0.5) is 0 Å². The zero-order valence-corrected chi connectivity index (χ0v) is 16.5. The monoisotopic (exact) mass is 361 g/mol. The van der Waals surface area contributed by atoms with E-state index in [1.165, 1.54) is 12.8 Å². The highest BCUT2D eigenvalue weighted by molar-refractivity contribution is 5.75. The first kappa shape index (κ1) is 24.2. The van der Waals surface area contributed by atoms with E-state index in [2.05, 4.69) is 18.8 Å². The molecule has 0 aromatic carbocycles. The molecule has 0 bridgehead atoms. The molecule has 0 aromatic rings. The van der Waals surface area contributed by atoms with Crippen molar-refractivity contribution in [1.82, 2.24) is 4.90 Å². The third kappa shape index (κ3) is 15.7. The van der Waals surface area contributed by atoms with Gasteiger partial charge in [0, 0.05) is 33.4 Å². The topological polar surface area (TPSA) is 60.8 Å². The second-order valence-electron chi connectivity index (χ2n) is 6.48. The molecule has 26 heavy (non-hydrogen) atoms. The Morgan fingerprint density at radius 3 is 2.23 bits per heavy atom. The molecule has 0 fully saturated rings. The van der Waals surface area contributed by atoms with Crippen molar-refractivity contribution >= 4 is 5.91 Å². The molecule has 0 aliphatic carbocycles. The average Bonchev–Trinajstić information content (AvgIpc) is 2.60. The number of hydrogen-bond acceptors (Lipinski definition) is 3. The van der Waals surface area contributed by atoms with Gasteiger partial charge in [-0.25, -0.2) is 0 Å². The highest BCUT2D eigenvalue weighted by Crippen LogP contribution is 2.04. The first-order valence-electron chi connectivity index (χ1n) is 9.51.